The van der Waals surface area contributed by atoms with Gasteiger partial charge in [-0.2, -0.15) is 0 Å². The molecule has 4 aliphatic rings. The number of nitrogens with one attached hydrogen (secondary N) is 4. The molecule has 8 atom stereocenters. The Balaban J connectivity index is 0.896. The molecule has 4 N–H and O–H groups in total. The van der Waals surface area contributed by atoms with Gasteiger partial charge in [-0.05, 0) is 96.9 Å². The Morgan fingerprint density at radius 2 is 1.22 bits per heavy atom. The van der Waals surface area contributed by atoms with Crippen molar-refractivity contribution < 1.29 is 28.7 Å². The van der Waals surface area contributed by atoms with Crippen LogP contribution in [-0.4, -0.2) is 92.1 Å². The smallest absolute Gasteiger partial charge is 0.407 e. The van der Waals surface area contributed by atoms with Gasteiger partial charge in [0.15, 0.2) is 0 Å². The second kappa shape index (κ2) is 14.6. The minimum atomic E-state index is -0.677. The maximum absolute atomic E-state index is 13.9. The first-order valence-corrected chi connectivity index (χ1v) is 20.7. The zero-order chi connectivity index (χ0) is 40.6. The summed E-state index contributed by atoms with van der Waals surface area (Å²) in [6, 6.07) is 15.7. The van der Waals surface area contributed by atoms with Gasteiger partial charge < -0.3 is 39.9 Å². The lowest BCUT2D eigenvalue weighted by Gasteiger charge is -2.31. The van der Waals surface area contributed by atoms with E-state index in [9.17, 15) is 19.2 Å². The summed E-state index contributed by atoms with van der Waals surface area (Å²) in [6.07, 6.45) is 4.15. The number of aryl methyl sites for hydroxylation is 2. The number of methoxy groups -OCH3 is 2. The van der Waals surface area contributed by atoms with Gasteiger partial charge in [-0.3, -0.25) is 9.59 Å². The van der Waals surface area contributed by atoms with Gasteiger partial charge in [0.2, 0.25) is 11.8 Å². The minimum Gasteiger partial charge on any atom is -0.453 e. The van der Waals surface area contributed by atoms with E-state index >= 15 is 0 Å². The van der Waals surface area contributed by atoms with Crippen LogP contribution in [0.5, 0.6) is 0 Å². The van der Waals surface area contributed by atoms with Gasteiger partial charge in [-0.1, -0.05) is 58.0 Å². The van der Waals surface area contributed by atoms with E-state index in [4.69, 9.17) is 19.4 Å². The number of amides is 4. The van der Waals surface area contributed by atoms with E-state index in [1.807, 2.05) is 37.5 Å². The minimum absolute atomic E-state index is 0.0877. The van der Waals surface area contributed by atoms with Crippen molar-refractivity contribution in [3.05, 3.63) is 71.3 Å². The van der Waals surface area contributed by atoms with Crippen molar-refractivity contribution in [3.8, 4) is 0 Å². The molecule has 2 aromatic heterocycles. The number of rotatable bonds is 11. The molecule has 5 aromatic rings. The number of carbonyl (C=O) groups excluding carboxylic acids is 4. The monoisotopic (exact) mass is 788 g/mol. The Labute approximate surface area is 336 Å². The number of piperidine rings is 2. The van der Waals surface area contributed by atoms with Gasteiger partial charge in [0.1, 0.15) is 23.7 Å². The lowest BCUT2D eigenvalue weighted by Crippen LogP contribution is -2.52. The molecule has 2 unspecified atom stereocenters. The molecule has 4 fully saturated rings. The number of alkyl carbamates (subject to hydrolysis) is 2. The molecule has 2 aliphatic heterocycles. The fourth-order valence-electron chi connectivity index (χ4n) is 9.62. The van der Waals surface area contributed by atoms with E-state index in [1.54, 1.807) is 0 Å². The molecular weight excluding hydrogens is 737 g/mol. The second-order valence-corrected chi connectivity index (χ2v) is 17.4. The van der Waals surface area contributed by atoms with Crippen molar-refractivity contribution in [1.29, 1.82) is 0 Å². The number of aromatic amines is 2. The van der Waals surface area contributed by atoms with Crippen LogP contribution in [0.3, 0.4) is 0 Å². The first-order valence-electron chi connectivity index (χ1n) is 20.7. The Morgan fingerprint density at radius 3 is 1.79 bits per heavy atom. The summed E-state index contributed by atoms with van der Waals surface area (Å²) in [5.74, 6) is 2.10. The zero-order valence-corrected chi connectivity index (χ0v) is 33.9. The van der Waals surface area contributed by atoms with E-state index in [0.29, 0.717) is 11.8 Å². The predicted octanol–water partition coefficient (Wildman–Crippen LogP) is 6.46. The number of H-pyrrole nitrogens is 2. The molecular formula is C44H52N8O6. The molecule has 0 bridgehead atoms. The first kappa shape index (κ1) is 37.9. The summed E-state index contributed by atoms with van der Waals surface area (Å²) in [6.45, 7) is 7.72. The van der Waals surface area contributed by atoms with E-state index in [0.717, 1.165) is 83.0 Å². The van der Waals surface area contributed by atoms with Crippen LogP contribution in [0.4, 0.5) is 9.59 Å². The largest absolute Gasteiger partial charge is 0.453 e. The number of carbonyl (C=O) groups is 4. The normalized spacial score (nSPS) is 24.3. The number of likely N-dealkylation sites (tertiary alicyclic amines) is 2. The number of aromatic nitrogens is 4. The van der Waals surface area contributed by atoms with Crippen LogP contribution in [0.2, 0.25) is 0 Å². The summed E-state index contributed by atoms with van der Waals surface area (Å²) in [4.78, 5) is 73.0. The molecule has 4 heterocycles. The molecule has 0 radical (unpaired) electrons. The van der Waals surface area contributed by atoms with Gasteiger partial charge in [0, 0.05) is 17.5 Å². The number of hydrogen-bond acceptors (Lipinski definition) is 8. The standard InChI is InChI=1S/C44H52N8O6/c1-21(2)36(49-43(55)57-5)41(53)51-32-17-26(32)19-34(51)39-45-29-13-10-24(16-31(29)47-39)8-7-23-9-12-28-25(15-23)11-14-30-38(28)48-40(46-30)35-20-27-18-33(27)52(35)42(54)37(22(3)4)50-44(56)58-6/h9-16,21-22,26-27,32-37H,7-8,17-20H2,1-6H3,(H,45,47)(H,46,48)(H,49,55)(H,50,56)/t26?,27-,32?,33-,34+,35+,36+,37+/m1/s1. The summed E-state index contributed by atoms with van der Waals surface area (Å²) in [5.41, 5.74) is 6.05. The van der Waals surface area contributed by atoms with Crippen LogP contribution in [0.1, 0.15) is 88.2 Å². The quantitative estimate of drug-likeness (QED) is 0.118. The van der Waals surface area contributed by atoms with Gasteiger partial charge in [-0.15, -0.1) is 0 Å². The first-order chi connectivity index (χ1) is 27.9. The molecule has 14 heteroatoms. The number of nitrogens with zero attached hydrogens (tertiary/aromatic N) is 4. The highest BCUT2D eigenvalue weighted by Gasteiger charge is 2.57. The maximum atomic E-state index is 13.9. The molecule has 14 nitrogen and oxygen atoms in total. The van der Waals surface area contributed by atoms with Gasteiger partial charge in [0.25, 0.3) is 0 Å². The number of fused-ring (bicyclic) bond motifs is 6. The lowest BCUT2D eigenvalue weighted by molar-refractivity contribution is -0.137. The zero-order valence-electron chi connectivity index (χ0n) is 33.9. The summed E-state index contributed by atoms with van der Waals surface area (Å²) < 4.78 is 9.63. The third-order valence-corrected chi connectivity index (χ3v) is 12.9. The SMILES string of the molecule is COC(=O)N[C@H](C(=O)N1C2CC2C[C@H]1c1nc2ccc(CCc3ccc4c(ccc5[nH]c([C@@H]6C[C@H]7C[C@H]7N6C(=O)[C@@H](NC(=O)OC)C(C)C)nc54)c3)cc2[nH]1)C(C)C. The van der Waals surface area contributed by atoms with Crippen molar-refractivity contribution in [1.82, 2.24) is 40.4 Å². The Kier molecular flexibility index (Phi) is 9.55. The fourth-order valence-corrected chi connectivity index (χ4v) is 9.62. The molecule has 2 saturated heterocycles. The highest BCUT2D eigenvalue weighted by molar-refractivity contribution is 6.04. The Bertz CT molecular complexity index is 2440. The maximum Gasteiger partial charge on any atom is 0.407 e. The molecule has 3 aromatic carbocycles. The van der Waals surface area contributed by atoms with Crippen LogP contribution in [0.15, 0.2) is 48.5 Å². The van der Waals surface area contributed by atoms with Gasteiger partial charge >= 0.3 is 12.2 Å². The number of imidazole rings is 2. The van der Waals surface area contributed by atoms with Crippen LogP contribution in [0.25, 0.3) is 32.8 Å². The molecule has 58 heavy (non-hydrogen) atoms. The van der Waals surface area contributed by atoms with Crippen molar-refractivity contribution >= 4 is 56.8 Å². The average Bonchev–Trinajstić information content (AvgIpc) is 3.87. The van der Waals surface area contributed by atoms with E-state index in [1.165, 1.54) is 25.3 Å². The van der Waals surface area contributed by atoms with Crippen LogP contribution in [0, 0.1) is 23.7 Å². The van der Waals surface area contributed by atoms with E-state index in [2.05, 4.69) is 69.1 Å². The number of benzene rings is 3. The summed E-state index contributed by atoms with van der Waals surface area (Å²) in [5, 5.41) is 7.67. The van der Waals surface area contributed by atoms with Crippen molar-refractivity contribution in [2.45, 2.75) is 102 Å². The molecule has 4 amide bonds. The predicted molar refractivity (Wildman–Crippen MR) is 218 cm³/mol. The molecule has 2 aliphatic carbocycles. The third kappa shape index (κ3) is 6.79. The van der Waals surface area contributed by atoms with Crippen LogP contribution in [-0.2, 0) is 31.9 Å². The van der Waals surface area contributed by atoms with Crippen LogP contribution >= 0.6 is 0 Å². The molecule has 304 valence electrons. The number of ether oxygens (including phenoxy) is 2. The third-order valence-electron chi connectivity index (χ3n) is 12.9. The van der Waals surface area contributed by atoms with Crippen molar-refractivity contribution in [3.63, 3.8) is 0 Å². The Morgan fingerprint density at radius 1 is 0.690 bits per heavy atom. The van der Waals surface area contributed by atoms with Gasteiger partial charge in [-0.25, -0.2) is 19.6 Å². The van der Waals surface area contributed by atoms with E-state index in [-0.39, 0.29) is 47.8 Å². The molecule has 2 saturated carbocycles. The number of hydrogen-bond donors (Lipinski definition) is 4. The molecule has 0 spiro atoms. The summed E-state index contributed by atoms with van der Waals surface area (Å²) >= 11 is 0. The topological polar surface area (TPSA) is 175 Å². The fraction of sp³-hybridized carbons (Fsp3) is 0.500. The summed E-state index contributed by atoms with van der Waals surface area (Å²) in [7, 11) is 2.62. The Hall–Kier alpha value is -5.66. The highest BCUT2D eigenvalue weighted by Crippen LogP contribution is 2.54. The second-order valence-electron chi connectivity index (χ2n) is 17.4. The lowest BCUT2D eigenvalue weighted by atomic mass is 10.0. The van der Waals surface area contributed by atoms with Gasteiger partial charge in [0.05, 0.1) is 48.4 Å². The average molecular weight is 789 g/mol. The van der Waals surface area contributed by atoms with Crippen molar-refractivity contribution in [2.24, 2.45) is 23.7 Å². The van der Waals surface area contributed by atoms with E-state index < -0.39 is 24.3 Å². The highest BCUT2D eigenvalue weighted by atomic mass is 16.5. The van der Waals surface area contributed by atoms with Crippen molar-refractivity contribution in [2.75, 3.05) is 14.2 Å². The molecule has 9 rings (SSSR count). The van der Waals surface area contributed by atoms with Crippen LogP contribution < -0.4 is 10.6 Å².